The van der Waals surface area contributed by atoms with E-state index in [4.69, 9.17) is 5.11 Å². The SMILES string of the molecule is CCN(CC(=O)O)C1CC(NC(=O)Nc2ccc(-c3ccncc3)c(C)c2)C1. The number of urea groups is 1. The predicted molar refractivity (Wildman–Crippen MR) is 108 cm³/mol. The molecule has 1 aliphatic carbocycles. The van der Waals surface area contributed by atoms with Gasteiger partial charge in [0.15, 0.2) is 0 Å². The van der Waals surface area contributed by atoms with Crippen LogP contribution in [0.15, 0.2) is 42.7 Å². The van der Waals surface area contributed by atoms with Crippen LogP contribution in [0.1, 0.15) is 25.3 Å². The summed E-state index contributed by atoms with van der Waals surface area (Å²) < 4.78 is 0. The lowest BCUT2D eigenvalue weighted by Gasteiger charge is -2.42. The Bertz CT molecular complexity index is 835. The van der Waals surface area contributed by atoms with E-state index in [1.807, 2.05) is 49.1 Å². The molecule has 1 aromatic carbocycles. The van der Waals surface area contributed by atoms with Crippen molar-refractivity contribution in [1.29, 1.82) is 0 Å². The van der Waals surface area contributed by atoms with Crippen LogP contribution in [-0.4, -0.2) is 52.2 Å². The minimum atomic E-state index is -0.818. The zero-order chi connectivity index (χ0) is 20.1. The average Bonchev–Trinajstić information content (AvgIpc) is 2.63. The smallest absolute Gasteiger partial charge is 0.319 e. The van der Waals surface area contributed by atoms with Gasteiger partial charge in [0, 0.05) is 30.2 Å². The number of rotatable bonds is 7. The molecule has 1 aliphatic rings. The number of nitrogens with one attached hydrogen (secondary N) is 2. The molecular formula is C21H26N4O3. The molecule has 0 atom stereocenters. The molecule has 1 heterocycles. The van der Waals surface area contributed by atoms with E-state index in [1.54, 1.807) is 12.4 Å². The zero-order valence-corrected chi connectivity index (χ0v) is 16.2. The first-order chi connectivity index (χ1) is 13.5. The van der Waals surface area contributed by atoms with Crippen LogP contribution in [-0.2, 0) is 4.79 Å². The van der Waals surface area contributed by atoms with Crippen LogP contribution in [0.3, 0.4) is 0 Å². The van der Waals surface area contributed by atoms with Crippen molar-refractivity contribution in [2.24, 2.45) is 0 Å². The highest BCUT2D eigenvalue weighted by molar-refractivity contribution is 5.90. The summed E-state index contributed by atoms with van der Waals surface area (Å²) in [5.74, 6) is -0.818. The van der Waals surface area contributed by atoms with Crippen LogP contribution < -0.4 is 10.6 Å². The van der Waals surface area contributed by atoms with E-state index in [2.05, 4.69) is 15.6 Å². The number of carbonyl (C=O) groups excluding carboxylic acids is 1. The number of amides is 2. The predicted octanol–water partition coefficient (Wildman–Crippen LogP) is 3.12. The summed E-state index contributed by atoms with van der Waals surface area (Å²) in [7, 11) is 0. The third-order valence-corrected chi connectivity index (χ3v) is 5.18. The summed E-state index contributed by atoms with van der Waals surface area (Å²) in [6.45, 7) is 4.70. The second-order valence-corrected chi connectivity index (χ2v) is 7.14. The summed E-state index contributed by atoms with van der Waals surface area (Å²) in [6, 6.07) is 9.80. The van der Waals surface area contributed by atoms with Crippen LogP contribution in [0.4, 0.5) is 10.5 Å². The first-order valence-corrected chi connectivity index (χ1v) is 9.50. The summed E-state index contributed by atoms with van der Waals surface area (Å²) in [4.78, 5) is 29.1. The molecule has 0 saturated heterocycles. The van der Waals surface area contributed by atoms with Gasteiger partial charge >= 0.3 is 12.0 Å². The van der Waals surface area contributed by atoms with Crippen LogP contribution in [0, 0.1) is 6.92 Å². The van der Waals surface area contributed by atoms with Crippen molar-refractivity contribution < 1.29 is 14.7 Å². The molecule has 1 fully saturated rings. The monoisotopic (exact) mass is 382 g/mol. The fraction of sp³-hybridized carbons (Fsp3) is 0.381. The molecular weight excluding hydrogens is 356 g/mol. The van der Waals surface area contributed by atoms with Crippen molar-refractivity contribution in [3.05, 3.63) is 48.3 Å². The molecule has 2 amide bonds. The number of carboxylic acid groups (broad SMARTS) is 1. The topological polar surface area (TPSA) is 94.6 Å². The third kappa shape index (κ3) is 4.86. The Hall–Kier alpha value is -2.93. The van der Waals surface area contributed by atoms with Gasteiger partial charge in [0.05, 0.1) is 6.54 Å². The number of carbonyl (C=O) groups is 2. The van der Waals surface area contributed by atoms with E-state index in [9.17, 15) is 9.59 Å². The molecule has 148 valence electrons. The van der Waals surface area contributed by atoms with Gasteiger partial charge in [-0.2, -0.15) is 0 Å². The normalized spacial score (nSPS) is 18.4. The second kappa shape index (κ2) is 8.84. The van der Waals surface area contributed by atoms with Gasteiger partial charge < -0.3 is 15.7 Å². The number of aryl methyl sites for hydroxylation is 1. The lowest BCUT2D eigenvalue weighted by atomic mass is 9.85. The van der Waals surface area contributed by atoms with Crippen molar-refractivity contribution >= 4 is 17.7 Å². The van der Waals surface area contributed by atoms with E-state index in [-0.39, 0.29) is 24.7 Å². The fourth-order valence-electron chi connectivity index (χ4n) is 3.63. The number of hydrogen-bond acceptors (Lipinski definition) is 4. The number of aromatic nitrogens is 1. The highest BCUT2D eigenvalue weighted by Crippen LogP contribution is 2.27. The van der Waals surface area contributed by atoms with Gasteiger partial charge in [-0.05, 0) is 67.3 Å². The molecule has 0 unspecified atom stereocenters. The molecule has 1 saturated carbocycles. The lowest BCUT2D eigenvalue weighted by Crippen LogP contribution is -2.55. The number of anilines is 1. The summed E-state index contributed by atoms with van der Waals surface area (Å²) in [5, 5.41) is 14.8. The van der Waals surface area contributed by atoms with Crippen molar-refractivity contribution in [3.8, 4) is 11.1 Å². The van der Waals surface area contributed by atoms with E-state index >= 15 is 0 Å². The quantitative estimate of drug-likeness (QED) is 0.684. The summed E-state index contributed by atoms with van der Waals surface area (Å²) in [5.41, 5.74) is 4.00. The van der Waals surface area contributed by atoms with E-state index in [1.165, 1.54) is 0 Å². The minimum Gasteiger partial charge on any atom is -0.480 e. The van der Waals surface area contributed by atoms with Crippen molar-refractivity contribution in [2.75, 3.05) is 18.4 Å². The molecule has 0 aliphatic heterocycles. The highest BCUT2D eigenvalue weighted by atomic mass is 16.4. The molecule has 0 bridgehead atoms. The lowest BCUT2D eigenvalue weighted by molar-refractivity contribution is -0.139. The van der Waals surface area contributed by atoms with Crippen LogP contribution in [0.5, 0.6) is 0 Å². The number of pyridine rings is 1. The van der Waals surface area contributed by atoms with Crippen molar-refractivity contribution in [3.63, 3.8) is 0 Å². The van der Waals surface area contributed by atoms with Gasteiger partial charge in [-0.1, -0.05) is 13.0 Å². The van der Waals surface area contributed by atoms with Gasteiger partial charge in [-0.3, -0.25) is 14.7 Å². The third-order valence-electron chi connectivity index (χ3n) is 5.18. The van der Waals surface area contributed by atoms with Crippen LogP contribution >= 0.6 is 0 Å². The zero-order valence-electron chi connectivity index (χ0n) is 16.2. The molecule has 1 aromatic heterocycles. The van der Waals surface area contributed by atoms with Gasteiger partial charge in [0.2, 0.25) is 0 Å². The highest BCUT2D eigenvalue weighted by Gasteiger charge is 2.34. The van der Waals surface area contributed by atoms with Crippen LogP contribution in [0.25, 0.3) is 11.1 Å². The molecule has 7 heteroatoms. The molecule has 3 rings (SSSR count). The van der Waals surface area contributed by atoms with E-state index < -0.39 is 5.97 Å². The average molecular weight is 382 g/mol. The van der Waals surface area contributed by atoms with E-state index in [0.717, 1.165) is 35.2 Å². The number of hydrogen-bond donors (Lipinski definition) is 3. The standard InChI is InChI=1S/C21H26N4O3/c1-3-25(13-20(26)27)18-11-17(12-18)24-21(28)23-16-4-5-19(14(2)10-16)15-6-8-22-9-7-15/h4-10,17-18H,3,11-13H2,1-2H3,(H,26,27)(H2,23,24,28). The van der Waals surface area contributed by atoms with E-state index in [0.29, 0.717) is 6.54 Å². The Morgan fingerprint density at radius 1 is 1.21 bits per heavy atom. The Morgan fingerprint density at radius 2 is 1.93 bits per heavy atom. The summed E-state index contributed by atoms with van der Waals surface area (Å²) >= 11 is 0. The Kier molecular flexibility index (Phi) is 6.26. The van der Waals surface area contributed by atoms with Crippen LogP contribution in [0.2, 0.25) is 0 Å². The molecule has 0 radical (unpaired) electrons. The number of carboxylic acids is 1. The largest absolute Gasteiger partial charge is 0.480 e. The molecule has 2 aromatic rings. The Labute approximate surface area is 164 Å². The fourth-order valence-corrected chi connectivity index (χ4v) is 3.63. The van der Waals surface area contributed by atoms with Gasteiger partial charge in [0.1, 0.15) is 0 Å². The molecule has 3 N–H and O–H groups in total. The number of likely N-dealkylation sites (N-methyl/N-ethyl adjacent to an activating group) is 1. The molecule has 0 spiro atoms. The number of nitrogens with zero attached hydrogens (tertiary/aromatic N) is 2. The van der Waals surface area contributed by atoms with Crippen molar-refractivity contribution in [1.82, 2.24) is 15.2 Å². The first-order valence-electron chi connectivity index (χ1n) is 9.50. The maximum Gasteiger partial charge on any atom is 0.319 e. The molecule has 28 heavy (non-hydrogen) atoms. The minimum absolute atomic E-state index is 0.0448. The van der Waals surface area contributed by atoms with Gasteiger partial charge in [-0.15, -0.1) is 0 Å². The second-order valence-electron chi connectivity index (χ2n) is 7.14. The Balaban J connectivity index is 1.51. The van der Waals surface area contributed by atoms with Gasteiger partial charge in [-0.25, -0.2) is 4.79 Å². The Morgan fingerprint density at radius 3 is 2.54 bits per heavy atom. The summed E-state index contributed by atoms with van der Waals surface area (Å²) in [6.07, 6.45) is 5.07. The van der Waals surface area contributed by atoms with Crippen molar-refractivity contribution in [2.45, 2.75) is 38.8 Å². The molecule has 7 nitrogen and oxygen atoms in total. The number of aliphatic carboxylic acids is 1. The van der Waals surface area contributed by atoms with Gasteiger partial charge in [0.25, 0.3) is 0 Å². The maximum absolute atomic E-state index is 12.3. The number of benzene rings is 1. The maximum atomic E-state index is 12.3. The first kappa shape index (κ1) is 19.8.